The molecule has 0 heterocycles. The molecule has 0 N–H and O–H groups in total. The number of rotatable bonds is 9. The van der Waals surface area contributed by atoms with Crippen molar-refractivity contribution in [3.63, 3.8) is 0 Å². The van der Waals surface area contributed by atoms with Crippen LogP contribution in [0.4, 0.5) is 0 Å². The van der Waals surface area contributed by atoms with E-state index in [0.29, 0.717) is 0 Å². The number of allylic oxidation sites excluding steroid dienone is 3. The van der Waals surface area contributed by atoms with Crippen LogP contribution in [0.2, 0.25) is 0 Å². The van der Waals surface area contributed by atoms with Crippen LogP contribution in [0.5, 0.6) is 0 Å². The minimum atomic E-state index is 1.18. The highest BCUT2D eigenvalue weighted by atomic mass is 13.9. The molecule has 0 unspecified atom stereocenters. The lowest BCUT2D eigenvalue weighted by atomic mass is 10.1. The first kappa shape index (κ1) is 12.5. The lowest BCUT2D eigenvalue weighted by Crippen LogP contribution is -1.77. The van der Waals surface area contributed by atoms with Gasteiger partial charge in [-0.15, -0.1) is 6.58 Å². The summed E-state index contributed by atoms with van der Waals surface area (Å²) in [7, 11) is 0. The minimum absolute atomic E-state index is 1.18. The summed E-state index contributed by atoms with van der Waals surface area (Å²) < 4.78 is 0. The molecule has 0 nitrogen and oxygen atoms in total. The van der Waals surface area contributed by atoms with Crippen LogP contribution in [0.3, 0.4) is 0 Å². The largest absolute Gasteiger partial charge is 0.103 e. The standard InChI is InChI=1S/C13H24/c1-3-5-7-9-11-13-12-10-8-6-4-2/h3,6,8H,1,4-5,7,9-13H2,2H3. The van der Waals surface area contributed by atoms with Crippen molar-refractivity contribution < 1.29 is 0 Å². The summed E-state index contributed by atoms with van der Waals surface area (Å²) in [4.78, 5) is 0. The zero-order valence-electron chi connectivity index (χ0n) is 9.10. The molecule has 76 valence electrons. The second-order valence-corrected chi connectivity index (χ2v) is 3.51. The van der Waals surface area contributed by atoms with E-state index in [4.69, 9.17) is 0 Å². The second-order valence-electron chi connectivity index (χ2n) is 3.51. The van der Waals surface area contributed by atoms with E-state index in [2.05, 4.69) is 25.7 Å². The molecule has 0 saturated carbocycles. The first-order valence-corrected chi connectivity index (χ1v) is 5.67. The molecule has 13 heavy (non-hydrogen) atoms. The van der Waals surface area contributed by atoms with Gasteiger partial charge in [-0.2, -0.15) is 0 Å². The van der Waals surface area contributed by atoms with Crippen LogP contribution in [-0.4, -0.2) is 0 Å². The Bertz CT molecular complexity index is 122. The van der Waals surface area contributed by atoms with E-state index in [-0.39, 0.29) is 0 Å². The van der Waals surface area contributed by atoms with Gasteiger partial charge in [0.2, 0.25) is 0 Å². The van der Waals surface area contributed by atoms with Crippen molar-refractivity contribution in [2.45, 2.75) is 58.3 Å². The van der Waals surface area contributed by atoms with Gasteiger partial charge in [-0.3, -0.25) is 0 Å². The van der Waals surface area contributed by atoms with Gasteiger partial charge in [0, 0.05) is 0 Å². The van der Waals surface area contributed by atoms with Crippen molar-refractivity contribution in [3.05, 3.63) is 24.8 Å². The predicted octanol–water partition coefficient (Wildman–Crippen LogP) is 4.87. The van der Waals surface area contributed by atoms with E-state index in [0.717, 1.165) is 0 Å². The fourth-order valence-electron chi connectivity index (χ4n) is 1.37. The number of hydrogen-bond donors (Lipinski definition) is 0. The summed E-state index contributed by atoms with van der Waals surface area (Å²) in [6, 6.07) is 0. The Morgan fingerprint density at radius 3 is 2.08 bits per heavy atom. The topological polar surface area (TPSA) is 0 Å². The van der Waals surface area contributed by atoms with E-state index < -0.39 is 0 Å². The number of unbranched alkanes of at least 4 members (excludes halogenated alkanes) is 6. The lowest BCUT2D eigenvalue weighted by Gasteiger charge is -1.97. The first-order chi connectivity index (χ1) is 6.41. The zero-order chi connectivity index (χ0) is 9.78. The fourth-order valence-corrected chi connectivity index (χ4v) is 1.37. The van der Waals surface area contributed by atoms with Gasteiger partial charge in [0.05, 0.1) is 0 Å². The van der Waals surface area contributed by atoms with Crippen molar-refractivity contribution >= 4 is 0 Å². The van der Waals surface area contributed by atoms with Gasteiger partial charge >= 0.3 is 0 Å². The Labute approximate surface area is 83.7 Å². The summed E-state index contributed by atoms with van der Waals surface area (Å²) in [5.74, 6) is 0. The van der Waals surface area contributed by atoms with E-state index in [1.54, 1.807) is 0 Å². The molecule has 0 fully saturated rings. The van der Waals surface area contributed by atoms with Crippen LogP contribution in [0.1, 0.15) is 58.3 Å². The Morgan fingerprint density at radius 2 is 1.46 bits per heavy atom. The lowest BCUT2D eigenvalue weighted by molar-refractivity contribution is 0.622. The monoisotopic (exact) mass is 180 g/mol. The maximum absolute atomic E-state index is 3.72. The third-order valence-corrected chi connectivity index (χ3v) is 2.18. The molecular formula is C13H24. The van der Waals surface area contributed by atoms with Crippen LogP contribution in [0, 0.1) is 0 Å². The molecule has 0 aromatic carbocycles. The third-order valence-electron chi connectivity index (χ3n) is 2.18. The average molecular weight is 180 g/mol. The summed E-state index contributed by atoms with van der Waals surface area (Å²) in [5.41, 5.74) is 0. The predicted molar refractivity (Wildman–Crippen MR) is 61.9 cm³/mol. The Hall–Kier alpha value is -0.520. The highest BCUT2D eigenvalue weighted by Crippen LogP contribution is 2.07. The third kappa shape index (κ3) is 11.5. The van der Waals surface area contributed by atoms with Gasteiger partial charge in [0.1, 0.15) is 0 Å². The molecule has 0 aromatic rings. The molecule has 0 amide bonds. The van der Waals surface area contributed by atoms with Gasteiger partial charge < -0.3 is 0 Å². The summed E-state index contributed by atoms with van der Waals surface area (Å²) in [5, 5.41) is 0. The summed E-state index contributed by atoms with van der Waals surface area (Å²) >= 11 is 0. The minimum Gasteiger partial charge on any atom is -0.103 e. The van der Waals surface area contributed by atoms with Crippen LogP contribution in [0.15, 0.2) is 24.8 Å². The molecule has 0 spiro atoms. The van der Waals surface area contributed by atoms with Crippen LogP contribution < -0.4 is 0 Å². The smallest absolute Gasteiger partial charge is 0.0351 e. The molecule has 0 aliphatic carbocycles. The van der Waals surface area contributed by atoms with Crippen LogP contribution in [-0.2, 0) is 0 Å². The highest BCUT2D eigenvalue weighted by Gasteiger charge is 1.87. The molecule has 0 aliphatic heterocycles. The molecule has 0 bridgehead atoms. The Morgan fingerprint density at radius 1 is 0.846 bits per heavy atom. The Balaban J connectivity index is 2.91. The van der Waals surface area contributed by atoms with Crippen molar-refractivity contribution in [1.82, 2.24) is 0 Å². The fraction of sp³-hybridized carbons (Fsp3) is 0.692. The van der Waals surface area contributed by atoms with E-state index in [1.807, 2.05) is 6.08 Å². The maximum Gasteiger partial charge on any atom is -0.0351 e. The van der Waals surface area contributed by atoms with Crippen LogP contribution in [0.25, 0.3) is 0 Å². The van der Waals surface area contributed by atoms with Gasteiger partial charge in [-0.05, 0) is 32.1 Å². The van der Waals surface area contributed by atoms with Crippen molar-refractivity contribution in [3.8, 4) is 0 Å². The zero-order valence-corrected chi connectivity index (χ0v) is 9.10. The molecule has 0 atom stereocenters. The SMILES string of the molecule is C=CCCCCCCCC=CCC. The van der Waals surface area contributed by atoms with Gasteiger partial charge in [-0.1, -0.05) is 44.4 Å². The van der Waals surface area contributed by atoms with E-state index >= 15 is 0 Å². The quantitative estimate of drug-likeness (QED) is 0.351. The summed E-state index contributed by atoms with van der Waals surface area (Å²) in [6.07, 6.45) is 17.1. The molecule has 0 rings (SSSR count). The van der Waals surface area contributed by atoms with Crippen molar-refractivity contribution in [2.75, 3.05) is 0 Å². The molecule has 0 radical (unpaired) electrons. The van der Waals surface area contributed by atoms with Gasteiger partial charge in [-0.25, -0.2) is 0 Å². The highest BCUT2D eigenvalue weighted by molar-refractivity contribution is 4.79. The van der Waals surface area contributed by atoms with E-state index in [9.17, 15) is 0 Å². The van der Waals surface area contributed by atoms with E-state index in [1.165, 1.54) is 51.4 Å². The molecule has 0 aromatic heterocycles. The first-order valence-electron chi connectivity index (χ1n) is 5.67. The second kappa shape index (κ2) is 11.5. The van der Waals surface area contributed by atoms with Crippen molar-refractivity contribution in [1.29, 1.82) is 0 Å². The molecule has 0 saturated heterocycles. The number of hydrogen-bond acceptors (Lipinski definition) is 0. The van der Waals surface area contributed by atoms with Gasteiger partial charge in [0.25, 0.3) is 0 Å². The molecular weight excluding hydrogens is 156 g/mol. The Kier molecular flexibility index (Phi) is 11.0. The molecule has 0 aliphatic rings. The average Bonchev–Trinajstić information content (AvgIpc) is 2.16. The van der Waals surface area contributed by atoms with Crippen LogP contribution >= 0.6 is 0 Å². The summed E-state index contributed by atoms with van der Waals surface area (Å²) in [6.45, 7) is 5.91. The van der Waals surface area contributed by atoms with Crippen molar-refractivity contribution in [2.24, 2.45) is 0 Å². The molecule has 0 heteroatoms. The normalized spacial score (nSPS) is 10.8. The maximum atomic E-state index is 3.72. The van der Waals surface area contributed by atoms with Gasteiger partial charge in [0.15, 0.2) is 0 Å².